The molecule has 4 nitrogen and oxygen atoms in total. The fourth-order valence-electron chi connectivity index (χ4n) is 2.10. The molecule has 0 radical (unpaired) electrons. The Labute approximate surface area is 83.6 Å². The molecule has 0 saturated heterocycles. The number of carbonyl (C=O) groups excluding carboxylic acids is 2. The molecule has 0 bridgehead atoms. The van der Waals surface area contributed by atoms with Gasteiger partial charge in [-0.15, -0.1) is 0 Å². The first-order valence-corrected chi connectivity index (χ1v) is 4.67. The SMILES string of the molecule is COCC(=O)C1(C(=O)OC)CC(C)C1. The number of ether oxygens (including phenoxy) is 2. The number of ketones is 1. The van der Waals surface area contributed by atoms with E-state index in [-0.39, 0.29) is 12.4 Å². The van der Waals surface area contributed by atoms with Crippen molar-refractivity contribution in [3.63, 3.8) is 0 Å². The minimum Gasteiger partial charge on any atom is -0.468 e. The molecule has 14 heavy (non-hydrogen) atoms. The summed E-state index contributed by atoms with van der Waals surface area (Å²) in [7, 11) is 2.76. The van der Waals surface area contributed by atoms with Gasteiger partial charge in [-0.2, -0.15) is 0 Å². The van der Waals surface area contributed by atoms with Crippen molar-refractivity contribution in [3.05, 3.63) is 0 Å². The number of hydrogen-bond donors (Lipinski definition) is 0. The van der Waals surface area contributed by atoms with Crippen LogP contribution < -0.4 is 0 Å². The van der Waals surface area contributed by atoms with Gasteiger partial charge in [-0.05, 0) is 18.8 Å². The van der Waals surface area contributed by atoms with Gasteiger partial charge in [0.15, 0.2) is 5.78 Å². The van der Waals surface area contributed by atoms with Crippen molar-refractivity contribution in [3.8, 4) is 0 Å². The van der Waals surface area contributed by atoms with Gasteiger partial charge in [0.05, 0.1) is 7.11 Å². The van der Waals surface area contributed by atoms with Crippen molar-refractivity contribution in [1.82, 2.24) is 0 Å². The first-order chi connectivity index (χ1) is 6.56. The first kappa shape index (κ1) is 11.2. The Hall–Kier alpha value is -0.900. The van der Waals surface area contributed by atoms with E-state index in [1.165, 1.54) is 14.2 Å². The van der Waals surface area contributed by atoms with E-state index in [0.717, 1.165) is 0 Å². The lowest BCUT2D eigenvalue weighted by molar-refractivity contribution is -0.169. The van der Waals surface area contributed by atoms with Gasteiger partial charge in [0.25, 0.3) is 0 Å². The second-order valence-corrected chi connectivity index (χ2v) is 3.94. The predicted octanol–water partition coefficient (Wildman–Crippen LogP) is 0.791. The van der Waals surface area contributed by atoms with E-state index >= 15 is 0 Å². The van der Waals surface area contributed by atoms with Gasteiger partial charge in [-0.3, -0.25) is 9.59 Å². The Balaban J connectivity index is 2.73. The maximum Gasteiger partial charge on any atom is 0.319 e. The van der Waals surface area contributed by atoms with Crippen molar-refractivity contribution in [2.75, 3.05) is 20.8 Å². The van der Waals surface area contributed by atoms with Crippen LogP contribution in [0.3, 0.4) is 0 Å². The molecule has 0 atom stereocenters. The molecule has 1 rings (SSSR count). The summed E-state index contributed by atoms with van der Waals surface area (Å²) in [5.41, 5.74) is -0.913. The molecule has 0 spiro atoms. The zero-order valence-electron chi connectivity index (χ0n) is 8.83. The number of hydrogen-bond acceptors (Lipinski definition) is 4. The molecule has 0 aromatic rings. The standard InChI is InChI=1S/C10H16O4/c1-7-4-10(5-7,9(12)14-3)8(11)6-13-2/h7H,4-6H2,1-3H3. The third-order valence-corrected chi connectivity index (χ3v) is 2.78. The lowest BCUT2D eigenvalue weighted by Crippen LogP contribution is -2.51. The summed E-state index contributed by atoms with van der Waals surface area (Å²) >= 11 is 0. The number of esters is 1. The third-order valence-electron chi connectivity index (χ3n) is 2.78. The summed E-state index contributed by atoms with van der Waals surface area (Å²) in [6.07, 6.45) is 1.17. The highest BCUT2D eigenvalue weighted by Crippen LogP contribution is 2.47. The highest BCUT2D eigenvalue weighted by atomic mass is 16.5. The molecule has 1 aliphatic rings. The van der Waals surface area contributed by atoms with Crippen LogP contribution in [0.4, 0.5) is 0 Å². The van der Waals surface area contributed by atoms with Gasteiger partial charge in [0, 0.05) is 7.11 Å². The molecule has 1 aliphatic carbocycles. The van der Waals surface area contributed by atoms with E-state index in [1.54, 1.807) is 0 Å². The third kappa shape index (κ3) is 1.66. The zero-order chi connectivity index (χ0) is 10.8. The van der Waals surface area contributed by atoms with Crippen molar-refractivity contribution < 1.29 is 19.1 Å². The lowest BCUT2D eigenvalue weighted by atomic mass is 9.60. The van der Waals surface area contributed by atoms with E-state index in [0.29, 0.717) is 18.8 Å². The summed E-state index contributed by atoms with van der Waals surface area (Å²) in [5, 5.41) is 0. The second kappa shape index (κ2) is 4.09. The normalized spacial score (nSPS) is 30.6. The molecule has 0 N–H and O–H groups in total. The van der Waals surface area contributed by atoms with Crippen molar-refractivity contribution in [2.24, 2.45) is 11.3 Å². The van der Waals surface area contributed by atoms with Crippen LogP contribution in [0.5, 0.6) is 0 Å². The van der Waals surface area contributed by atoms with Gasteiger partial charge in [0.1, 0.15) is 12.0 Å². The van der Waals surface area contributed by atoms with Gasteiger partial charge in [0.2, 0.25) is 0 Å². The van der Waals surface area contributed by atoms with E-state index in [4.69, 9.17) is 4.74 Å². The summed E-state index contributed by atoms with van der Waals surface area (Å²) < 4.78 is 9.42. The summed E-state index contributed by atoms with van der Waals surface area (Å²) in [6.45, 7) is 2.00. The molecule has 0 heterocycles. The Morgan fingerprint density at radius 3 is 2.29 bits per heavy atom. The fourth-order valence-corrected chi connectivity index (χ4v) is 2.10. The molecular formula is C10H16O4. The van der Waals surface area contributed by atoms with Crippen LogP contribution in [0.2, 0.25) is 0 Å². The average molecular weight is 200 g/mol. The largest absolute Gasteiger partial charge is 0.468 e. The monoisotopic (exact) mass is 200 g/mol. The fraction of sp³-hybridized carbons (Fsp3) is 0.800. The van der Waals surface area contributed by atoms with E-state index in [9.17, 15) is 9.59 Å². The summed E-state index contributed by atoms with van der Waals surface area (Å²) in [5.74, 6) is -0.169. The zero-order valence-corrected chi connectivity index (χ0v) is 8.83. The van der Waals surface area contributed by atoms with Crippen LogP contribution in [0.25, 0.3) is 0 Å². The van der Waals surface area contributed by atoms with E-state index in [1.807, 2.05) is 6.92 Å². The minimum absolute atomic E-state index is 0.0121. The van der Waals surface area contributed by atoms with Crippen molar-refractivity contribution in [2.45, 2.75) is 19.8 Å². The highest BCUT2D eigenvalue weighted by Gasteiger charge is 2.54. The maximum absolute atomic E-state index is 11.7. The van der Waals surface area contributed by atoms with Crippen LogP contribution in [0.15, 0.2) is 0 Å². The molecule has 1 fully saturated rings. The smallest absolute Gasteiger partial charge is 0.319 e. The Bertz CT molecular complexity index is 241. The molecule has 0 aliphatic heterocycles. The molecule has 80 valence electrons. The van der Waals surface area contributed by atoms with Crippen molar-refractivity contribution in [1.29, 1.82) is 0 Å². The summed E-state index contributed by atoms with van der Waals surface area (Å²) in [6, 6.07) is 0. The lowest BCUT2D eigenvalue weighted by Gasteiger charge is -2.42. The Morgan fingerprint density at radius 1 is 1.36 bits per heavy atom. The Kier molecular flexibility index (Phi) is 3.26. The molecule has 1 saturated carbocycles. The first-order valence-electron chi connectivity index (χ1n) is 4.67. The number of carbonyl (C=O) groups is 2. The van der Waals surface area contributed by atoms with E-state index < -0.39 is 11.4 Å². The van der Waals surface area contributed by atoms with Gasteiger partial charge in [-0.25, -0.2) is 0 Å². The Morgan fingerprint density at radius 2 is 1.93 bits per heavy atom. The second-order valence-electron chi connectivity index (χ2n) is 3.94. The number of methoxy groups -OCH3 is 2. The highest BCUT2D eigenvalue weighted by molar-refractivity contribution is 6.05. The maximum atomic E-state index is 11.7. The van der Waals surface area contributed by atoms with Gasteiger partial charge >= 0.3 is 5.97 Å². The topological polar surface area (TPSA) is 52.6 Å². The molecule has 4 heteroatoms. The predicted molar refractivity (Wildman–Crippen MR) is 49.7 cm³/mol. The number of rotatable bonds is 4. The van der Waals surface area contributed by atoms with Crippen molar-refractivity contribution >= 4 is 11.8 Å². The van der Waals surface area contributed by atoms with Gasteiger partial charge in [-0.1, -0.05) is 6.92 Å². The van der Waals surface area contributed by atoms with Crippen LogP contribution in [-0.2, 0) is 19.1 Å². The summed E-state index contributed by atoms with van der Waals surface area (Å²) in [4.78, 5) is 23.1. The molecule has 0 unspecified atom stereocenters. The quantitative estimate of drug-likeness (QED) is 0.497. The number of Topliss-reactive ketones (excluding diaryl/α,β-unsaturated/α-hetero) is 1. The van der Waals surface area contributed by atoms with E-state index in [2.05, 4.69) is 4.74 Å². The molecular weight excluding hydrogens is 184 g/mol. The van der Waals surface area contributed by atoms with Crippen LogP contribution in [-0.4, -0.2) is 32.6 Å². The molecule has 0 aromatic heterocycles. The minimum atomic E-state index is -0.913. The molecule has 0 aromatic carbocycles. The molecule has 0 amide bonds. The average Bonchev–Trinajstić information content (AvgIpc) is 2.11. The van der Waals surface area contributed by atoms with Crippen LogP contribution >= 0.6 is 0 Å². The van der Waals surface area contributed by atoms with Crippen LogP contribution in [0.1, 0.15) is 19.8 Å². The van der Waals surface area contributed by atoms with Crippen LogP contribution in [0, 0.1) is 11.3 Å². The van der Waals surface area contributed by atoms with Gasteiger partial charge < -0.3 is 9.47 Å².